The van der Waals surface area contributed by atoms with Crippen LogP contribution in [-0.2, 0) is 14.3 Å². The fraction of sp³-hybridized carbons (Fsp3) is 0.724. The molecule has 0 radical (unpaired) electrons. The van der Waals surface area contributed by atoms with Crippen LogP contribution in [0.5, 0.6) is 17.2 Å². The first-order chi connectivity index (χ1) is 17.1. The summed E-state index contributed by atoms with van der Waals surface area (Å²) < 4.78 is 21.3. The fourth-order valence-electron chi connectivity index (χ4n) is 4.00. The summed E-state index contributed by atoms with van der Waals surface area (Å²) in [6.07, 6.45) is 18.0. The van der Waals surface area contributed by atoms with Crippen LogP contribution in [0.4, 0.5) is 0 Å². The van der Waals surface area contributed by atoms with Gasteiger partial charge in [-0.1, -0.05) is 90.0 Å². The molecule has 1 aromatic carbocycles. The van der Waals surface area contributed by atoms with Gasteiger partial charge in [0.05, 0.1) is 20.8 Å². The minimum atomic E-state index is -0.289. The largest absolute Gasteiger partial charge is 0.493 e. The molecule has 0 heterocycles. The Morgan fingerprint density at radius 3 is 1.60 bits per heavy atom. The number of para-hydroxylation sites is 1. The van der Waals surface area contributed by atoms with E-state index in [1.807, 2.05) is 0 Å². The number of carbonyl (C=O) groups excluding carboxylic acids is 2. The Hall–Kier alpha value is -2.24. The molecule has 6 nitrogen and oxygen atoms in total. The van der Waals surface area contributed by atoms with E-state index < -0.39 is 0 Å². The quantitative estimate of drug-likeness (QED) is 0.0934. The summed E-state index contributed by atoms with van der Waals surface area (Å²) in [4.78, 5) is 24.0. The summed E-state index contributed by atoms with van der Waals surface area (Å²) in [5.74, 6) is 0.919. The summed E-state index contributed by atoms with van der Waals surface area (Å²) >= 11 is 0. The van der Waals surface area contributed by atoms with E-state index in [-0.39, 0.29) is 11.9 Å². The molecular formula is C29H48O6. The molecule has 0 saturated heterocycles. The van der Waals surface area contributed by atoms with Gasteiger partial charge in [0.2, 0.25) is 5.75 Å². The van der Waals surface area contributed by atoms with Crippen LogP contribution < -0.4 is 14.2 Å². The average Bonchev–Trinajstić information content (AvgIpc) is 2.86. The summed E-state index contributed by atoms with van der Waals surface area (Å²) in [7, 11) is 3.06. The van der Waals surface area contributed by atoms with Crippen LogP contribution in [-0.4, -0.2) is 32.8 Å². The van der Waals surface area contributed by atoms with E-state index in [1.54, 1.807) is 18.2 Å². The highest BCUT2D eigenvalue weighted by Crippen LogP contribution is 2.37. The Bertz CT molecular complexity index is 665. The zero-order chi connectivity index (χ0) is 25.6. The highest BCUT2D eigenvalue weighted by Gasteiger charge is 2.15. The molecule has 0 unspecified atom stereocenters. The second-order valence-corrected chi connectivity index (χ2v) is 9.14. The van der Waals surface area contributed by atoms with Crippen LogP contribution in [0.1, 0.15) is 116 Å². The van der Waals surface area contributed by atoms with Crippen molar-refractivity contribution in [3.8, 4) is 17.2 Å². The topological polar surface area (TPSA) is 71.1 Å². The van der Waals surface area contributed by atoms with Crippen molar-refractivity contribution in [3.63, 3.8) is 0 Å². The number of unbranched alkanes of at least 4 members (excludes halogenated alkanes) is 13. The minimum Gasteiger partial charge on any atom is -0.493 e. The molecular weight excluding hydrogens is 444 g/mol. The van der Waals surface area contributed by atoms with Crippen molar-refractivity contribution in [2.45, 2.75) is 116 Å². The van der Waals surface area contributed by atoms with Gasteiger partial charge < -0.3 is 18.9 Å². The summed E-state index contributed by atoms with van der Waals surface area (Å²) in [6, 6.07) is 5.25. The first-order valence-corrected chi connectivity index (χ1v) is 13.7. The fourth-order valence-corrected chi connectivity index (χ4v) is 4.00. The van der Waals surface area contributed by atoms with E-state index in [0.29, 0.717) is 36.7 Å². The lowest BCUT2D eigenvalue weighted by Crippen LogP contribution is -2.09. The Morgan fingerprint density at radius 2 is 1.09 bits per heavy atom. The second-order valence-electron chi connectivity index (χ2n) is 9.14. The predicted octanol–water partition coefficient (Wildman–Crippen LogP) is 7.80. The van der Waals surface area contributed by atoms with E-state index in [0.717, 1.165) is 51.4 Å². The molecule has 0 aromatic heterocycles. The molecule has 6 heteroatoms. The maximum absolute atomic E-state index is 12.2. The van der Waals surface area contributed by atoms with Gasteiger partial charge in [-0.25, -0.2) is 0 Å². The van der Waals surface area contributed by atoms with Crippen molar-refractivity contribution in [1.82, 2.24) is 0 Å². The van der Waals surface area contributed by atoms with Gasteiger partial charge in [-0.05, 0) is 31.4 Å². The Balaban J connectivity index is 1.95. The van der Waals surface area contributed by atoms with E-state index in [1.165, 1.54) is 59.2 Å². The Labute approximate surface area is 213 Å². The van der Waals surface area contributed by atoms with Crippen molar-refractivity contribution >= 4 is 11.9 Å². The molecule has 0 atom stereocenters. The third kappa shape index (κ3) is 15.4. The van der Waals surface area contributed by atoms with Gasteiger partial charge >= 0.3 is 11.9 Å². The minimum absolute atomic E-state index is 0.0703. The predicted molar refractivity (Wildman–Crippen MR) is 140 cm³/mol. The molecule has 0 fully saturated rings. The van der Waals surface area contributed by atoms with Crippen molar-refractivity contribution < 1.29 is 28.5 Å². The first kappa shape index (κ1) is 30.8. The van der Waals surface area contributed by atoms with Gasteiger partial charge in [0.1, 0.15) is 0 Å². The van der Waals surface area contributed by atoms with E-state index in [2.05, 4.69) is 6.92 Å². The number of methoxy groups -OCH3 is 2. The zero-order valence-corrected chi connectivity index (χ0v) is 22.4. The molecule has 0 aliphatic heterocycles. The third-order valence-corrected chi connectivity index (χ3v) is 6.12. The maximum atomic E-state index is 12.2. The SMILES string of the molecule is CCCCCCCCCCCOC(=O)CCCCCCCCC(=O)Oc1c(OC)cccc1OC. The van der Waals surface area contributed by atoms with Gasteiger partial charge in [0.25, 0.3) is 0 Å². The third-order valence-electron chi connectivity index (χ3n) is 6.12. The monoisotopic (exact) mass is 492 g/mol. The number of ether oxygens (including phenoxy) is 4. The van der Waals surface area contributed by atoms with Crippen LogP contribution in [0.3, 0.4) is 0 Å². The van der Waals surface area contributed by atoms with Crippen molar-refractivity contribution in [3.05, 3.63) is 18.2 Å². The molecule has 1 aromatic rings. The smallest absolute Gasteiger partial charge is 0.311 e. The second kappa shape index (κ2) is 21.1. The van der Waals surface area contributed by atoms with Crippen LogP contribution in [0.2, 0.25) is 0 Å². The van der Waals surface area contributed by atoms with Crippen LogP contribution in [0.25, 0.3) is 0 Å². The molecule has 0 aliphatic rings. The van der Waals surface area contributed by atoms with Crippen molar-refractivity contribution in [1.29, 1.82) is 0 Å². The Kier molecular flexibility index (Phi) is 18.5. The zero-order valence-electron chi connectivity index (χ0n) is 22.4. The molecule has 0 amide bonds. The lowest BCUT2D eigenvalue weighted by Gasteiger charge is -2.12. The van der Waals surface area contributed by atoms with E-state index >= 15 is 0 Å². The Morgan fingerprint density at radius 1 is 0.629 bits per heavy atom. The van der Waals surface area contributed by atoms with Crippen LogP contribution in [0.15, 0.2) is 18.2 Å². The highest BCUT2D eigenvalue weighted by molar-refractivity contribution is 5.74. The summed E-state index contributed by atoms with van der Waals surface area (Å²) in [6.45, 7) is 2.81. The molecule has 1 rings (SSSR count). The van der Waals surface area contributed by atoms with Gasteiger partial charge in [0, 0.05) is 12.8 Å². The molecule has 0 spiro atoms. The number of carbonyl (C=O) groups is 2. The molecule has 200 valence electrons. The highest BCUT2D eigenvalue weighted by atomic mass is 16.6. The van der Waals surface area contributed by atoms with Crippen LogP contribution in [0, 0.1) is 0 Å². The summed E-state index contributed by atoms with van der Waals surface area (Å²) in [5.41, 5.74) is 0. The van der Waals surface area contributed by atoms with Crippen molar-refractivity contribution in [2.75, 3.05) is 20.8 Å². The van der Waals surface area contributed by atoms with E-state index in [4.69, 9.17) is 18.9 Å². The first-order valence-electron chi connectivity index (χ1n) is 13.7. The number of hydrogen-bond acceptors (Lipinski definition) is 6. The average molecular weight is 493 g/mol. The normalized spacial score (nSPS) is 10.7. The molecule has 0 N–H and O–H groups in total. The maximum Gasteiger partial charge on any atom is 0.311 e. The summed E-state index contributed by atoms with van der Waals surface area (Å²) in [5, 5.41) is 0. The lowest BCUT2D eigenvalue weighted by molar-refractivity contribution is -0.144. The molecule has 0 aliphatic carbocycles. The lowest BCUT2D eigenvalue weighted by atomic mass is 10.1. The number of hydrogen-bond donors (Lipinski definition) is 0. The standard InChI is InChI=1S/C29H48O6/c1-4-5-6-7-8-9-12-15-18-24-34-27(30)22-16-13-10-11-14-17-23-28(31)35-29-25(32-2)20-19-21-26(29)33-3/h19-21H,4-18,22-24H2,1-3H3. The van der Waals surface area contributed by atoms with Crippen LogP contribution >= 0.6 is 0 Å². The number of benzene rings is 1. The van der Waals surface area contributed by atoms with Gasteiger partial charge in [-0.15, -0.1) is 0 Å². The van der Waals surface area contributed by atoms with Gasteiger partial charge in [-0.2, -0.15) is 0 Å². The molecule has 35 heavy (non-hydrogen) atoms. The molecule has 0 saturated carbocycles. The van der Waals surface area contributed by atoms with Gasteiger partial charge in [-0.3, -0.25) is 9.59 Å². The van der Waals surface area contributed by atoms with Crippen molar-refractivity contribution in [2.24, 2.45) is 0 Å². The number of rotatable bonds is 22. The number of esters is 2. The van der Waals surface area contributed by atoms with E-state index in [9.17, 15) is 9.59 Å². The molecule has 0 bridgehead atoms. The van der Waals surface area contributed by atoms with Gasteiger partial charge in [0.15, 0.2) is 11.5 Å².